The molecule has 0 bridgehead atoms. The van der Waals surface area contributed by atoms with Crippen LogP contribution in [0.15, 0.2) is 0 Å². The second-order valence-electron chi connectivity index (χ2n) is 3.53. The highest BCUT2D eigenvalue weighted by Crippen LogP contribution is 2.17. The molecule has 1 rings (SSSR count). The van der Waals surface area contributed by atoms with Gasteiger partial charge in [0.25, 0.3) is 0 Å². The fraction of sp³-hybridized carbons (Fsp3) is 0.889. The second kappa shape index (κ2) is 5.19. The molecule has 76 valence electrons. The molecule has 0 aromatic rings. The van der Waals surface area contributed by atoms with Crippen LogP contribution in [0, 0.1) is 5.92 Å². The number of hydrogen-bond donors (Lipinski definition) is 2. The molecule has 1 aliphatic heterocycles. The number of aliphatic carboxylic acids is 1. The molecule has 0 aromatic carbocycles. The summed E-state index contributed by atoms with van der Waals surface area (Å²) in [5.74, 6) is -0.852. The third-order valence-corrected chi connectivity index (χ3v) is 2.59. The van der Waals surface area contributed by atoms with E-state index in [-0.39, 0.29) is 12.5 Å². The van der Waals surface area contributed by atoms with Crippen LogP contribution in [-0.2, 0) is 4.79 Å². The quantitative estimate of drug-likeness (QED) is 0.661. The van der Waals surface area contributed by atoms with Gasteiger partial charge in [0.05, 0.1) is 12.5 Å². The first kappa shape index (κ1) is 10.5. The Hall–Kier alpha value is -0.610. The van der Waals surface area contributed by atoms with Crippen LogP contribution in [0.3, 0.4) is 0 Å². The van der Waals surface area contributed by atoms with E-state index in [1.165, 1.54) is 0 Å². The highest BCUT2D eigenvalue weighted by molar-refractivity contribution is 5.69. The molecule has 1 aliphatic rings. The topological polar surface area (TPSA) is 60.8 Å². The van der Waals surface area contributed by atoms with E-state index in [2.05, 4.69) is 4.90 Å². The van der Waals surface area contributed by atoms with Crippen LogP contribution in [0.2, 0.25) is 0 Å². The van der Waals surface area contributed by atoms with Crippen LogP contribution >= 0.6 is 0 Å². The largest absolute Gasteiger partial charge is 0.481 e. The lowest BCUT2D eigenvalue weighted by atomic mass is 10.0. The number of carbonyl (C=O) groups is 1. The van der Waals surface area contributed by atoms with Crippen molar-refractivity contribution in [2.24, 2.45) is 5.92 Å². The molecule has 1 heterocycles. The van der Waals surface area contributed by atoms with E-state index in [9.17, 15) is 4.79 Å². The number of carboxylic acids is 1. The summed E-state index contributed by atoms with van der Waals surface area (Å²) < 4.78 is 0. The molecule has 4 heteroatoms. The maximum absolute atomic E-state index is 10.7. The number of carboxylic acid groups (broad SMARTS) is 1. The van der Waals surface area contributed by atoms with E-state index in [0.29, 0.717) is 6.54 Å². The second-order valence-corrected chi connectivity index (χ2v) is 3.53. The van der Waals surface area contributed by atoms with E-state index < -0.39 is 5.97 Å². The lowest BCUT2D eigenvalue weighted by molar-refractivity contribution is -0.142. The number of β-amino-alcohol motifs (C(OH)–C–C–N with tert-alkyl or cyclic N) is 1. The van der Waals surface area contributed by atoms with Crippen LogP contribution in [0.4, 0.5) is 0 Å². The monoisotopic (exact) mass is 187 g/mol. The lowest BCUT2D eigenvalue weighted by Gasteiger charge is -2.17. The van der Waals surface area contributed by atoms with Gasteiger partial charge in [0.1, 0.15) is 0 Å². The number of rotatable bonds is 3. The molecular formula is C9H17NO3. The summed E-state index contributed by atoms with van der Waals surface area (Å²) in [5, 5.41) is 17.5. The Morgan fingerprint density at radius 1 is 1.38 bits per heavy atom. The molecule has 0 aliphatic carbocycles. The molecule has 4 nitrogen and oxygen atoms in total. The van der Waals surface area contributed by atoms with Crippen molar-refractivity contribution in [2.75, 3.05) is 26.2 Å². The van der Waals surface area contributed by atoms with Crippen LogP contribution in [0.25, 0.3) is 0 Å². The van der Waals surface area contributed by atoms with Gasteiger partial charge in [0, 0.05) is 6.54 Å². The summed E-state index contributed by atoms with van der Waals surface area (Å²) in [5.41, 5.74) is 0. The van der Waals surface area contributed by atoms with Crippen molar-refractivity contribution in [1.82, 2.24) is 4.90 Å². The van der Waals surface area contributed by atoms with Crippen molar-refractivity contribution >= 4 is 5.97 Å². The highest BCUT2D eigenvalue weighted by Gasteiger charge is 2.21. The van der Waals surface area contributed by atoms with Crippen molar-refractivity contribution < 1.29 is 15.0 Å². The first-order valence-electron chi connectivity index (χ1n) is 4.80. The predicted molar refractivity (Wildman–Crippen MR) is 48.5 cm³/mol. The Labute approximate surface area is 78.2 Å². The third-order valence-electron chi connectivity index (χ3n) is 2.59. The summed E-state index contributed by atoms with van der Waals surface area (Å²) in [6, 6.07) is 0. The van der Waals surface area contributed by atoms with Gasteiger partial charge in [-0.05, 0) is 32.4 Å². The fourth-order valence-electron chi connectivity index (χ4n) is 1.77. The van der Waals surface area contributed by atoms with Crippen molar-refractivity contribution in [2.45, 2.75) is 19.3 Å². The van der Waals surface area contributed by atoms with Gasteiger partial charge < -0.3 is 15.1 Å². The van der Waals surface area contributed by atoms with Gasteiger partial charge >= 0.3 is 5.97 Å². The Kier molecular flexibility index (Phi) is 4.18. The number of hydrogen-bond acceptors (Lipinski definition) is 3. The maximum atomic E-state index is 10.7. The first-order valence-corrected chi connectivity index (χ1v) is 4.80. The standard InChI is InChI=1S/C9H17NO3/c11-7-6-10-4-1-2-8(3-5-10)9(12)13/h8,11H,1-7H2,(H,12,13). The van der Waals surface area contributed by atoms with Gasteiger partial charge in [-0.15, -0.1) is 0 Å². The fourth-order valence-corrected chi connectivity index (χ4v) is 1.77. The number of likely N-dealkylation sites (tertiary alicyclic amines) is 1. The van der Waals surface area contributed by atoms with Crippen molar-refractivity contribution in [3.63, 3.8) is 0 Å². The SMILES string of the molecule is O=C(O)C1CCCN(CCO)CC1. The van der Waals surface area contributed by atoms with Gasteiger partial charge in [0.15, 0.2) is 0 Å². The van der Waals surface area contributed by atoms with E-state index in [1.807, 2.05) is 0 Å². The van der Waals surface area contributed by atoms with Gasteiger partial charge in [-0.2, -0.15) is 0 Å². The average molecular weight is 187 g/mol. The minimum Gasteiger partial charge on any atom is -0.481 e. The zero-order valence-corrected chi connectivity index (χ0v) is 7.78. The Morgan fingerprint density at radius 3 is 2.77 bits per heavy atom. The summed E-state index contributed by atoms with van der Waals surface area (Å²) >= 11 is 0. The minimum absolute atomic E-state index is 0.164. The van der Waals surface area contributed by atoms with E-state index in [4.69, 9.17) is 10.2 Å². The van der Waals surface area contributed by atoms with Crippen molar-refractivity contribution in [3.05, 3.63) is 0 Å². The van der Waals surface area contributed by atoms with Crippen molar-refractivity contribution in [3.8, 4) is 0 Å². The Morgan fingerprint density at radius 2 is 2.15 bits per heavy atom. The molecule has 13 heavy (non-hydrogen) atoms. The molecule has 0 spiro atoms. The average Bonchev–Trinajstić information content (AvgIpc) is 2.30. The molecule has 0 saturated carbocycles. The van der Waals surface area contributed by atoms with Crippen LogP contribution < -0.4 is 0 Å². The molecular weight excluding hydrogens is 170 g/mol. The molecule has 0 radical (unpaired) electrons. The van der Waals surface area contributed by atoms with E-state index in [1.54, 1.807) is 0 Å². The van der Waals surface area contributed by atoms with Crippen molar-refractivity contribution in [1.29, 1.82) is 0 Å². The van der Waals surface area contributed by atoms with Gasteiger partial charge in [0.2, 0.25) is 0 Å². The molecule has 1 unspecified atom stereocenters. The highest BCUT2D eigenvalue weighted by atomic mass is 16.4. The predicted octanol–water partition coefficient (Wildman–Crippen LogP) is 0.165. The summed E-state index contributed by atoms with van der Waals surface area (Å²) in [4.78, 5) is 12.8. The van der Waals surface area contributed by atoms with Crippen LogP contribution in [0.1, 0.15) is 19.3 Å². The van der Waals surface area contributed by atoms with Gasteiger partial charge in [-0.3, -0.25) is 4.79 Å². The van der Waals surface area contributed by atoms with E-state index in [0.717, 1.165) is 32.4 Å². The van der Waals surface area contributed by atoms with E-state index >= 15 is 0 Å². The summed E-state index contributed by atoms with van der Waals surface area (Å²) in [7, 11) is 0. The molecule has 0 aromatic heterocycles. The molecule has 1 saturated heterocycles. The molecule has 0 amide bonds. The normalized spacial score (nSPS) is 25.5. The zero-order valence-electron chi connectivity index (χ0n) is 7.78. The summed E-state index contributed by atoms with van der Waals surface area (Å²) in [6.07, 6.45) is 2.42. The number of nitrogens with zero attached hydrogens (tertiary/aromatic N) is 1. The van der Waals surface area contributed by atoms with Crippen LogP contribution in [-0.4, -0.2) is 47.3 Å². The van der Waals surface area contributed by atoms with Gasteiger partial charge in [-0.25, -0.2) is 0 Å². The molecule has 1 atom stereocenters. The zero-order chi connectivity index (χ0) is 9.68. The smallest absolute Gasteiger partial charge is 0.306 e. The number of aliphatic hydroxyl groups excluding tert-OH is 1. The number of aliphatic hydroxyl groups is 1. The maximum Gasteiger partial charge on any atom is 0.306 e. The molecule has 1 fully saturated rings. The minimum atomic E-state index is -0.675. The third kappa shape index (κ3) is 3.32. The Bertz CT molecular complexity index is 172. The molecule has 2 N–H and O–H groups in total. The summed E-state index contributed by atoms with van der Waals surface area (Å²) in [6.45, 7) is 2.56. The first-order chi connectivity index (χ1) is 6.24. The van der Waals surface area contributed by atoms with Crippen LogP contribution in [0.5, 0.6) is 0 Å². The van der Waals surface area contributed by atoms with Gasteiger partial charge in [-0.1, -0.05) is 0 Å². The lowest BCUT2D eigenvalue weighted by Crippen LogP contribution is -2.28. The Balaban J connectivity index is 2.35.